The predicted octanol–water partition coefficient (Wildman–Crippen LogP) is 1.96. The van der Waals surface area contributed by atoms with E-state index >= 15 is 0 Å². The van der Waals surface area contributed by atoms with Gasteiger partial charge in [-0.1, -0.05) is 0 Å². The Morgan fingerprint density at radius 3 is 2.77 bits per heavy atom. The van der Waals surface area contributed by atoms with Crippen molar-refractivity contribution in [2.45, 2.75) is 25.3 Å². The van der Waals surface area contributed by atoms with Crippen molar-refractivity contribution in [2.24, 2.45) is 17.1 Å². The average Bonchev–Trinajstić information content (AvgIpc) is 3.53. The van der Waals surface area contributed by atoms with Gasteiger partial charge in [0.2, 0.25) is 5.43 Å². The van der Waals surface area contributed by atoms with Crippen LogP contribution in [0.1, 0.15) is 35.7 Å². The molecule has 0 spiro atoms. The van der Waals surface area contributed by atoms with Crippen LogP contribution in [-0.4, -0.2) is 35.3 Å². The summed E-state index contributed by atoms with van der Waals surface area (Å²) in [5.41, 5.74) is 6.17. The van der Waals surface area contributed by atoms with Gasteiger partial charge in [-0.2, -0.15) is 0 Å². The number of pyridine rings is 1. The number of aromatic nitrogens is 1. The van der Waals surface area contributed by atoms with E-state index in [0.29, 0.717) is 23.7 Å². The number of hydrogen-bond donors (Lipinski definition) is 2. The summed E-state index contributed by atoms with van der Waals surface area (Å²) in [5, 5.41) is 9.45. The third-order valence-corrected chi connectivity index (χ3v) is 6.32. The van der Waals surface area contributed by atoms with Gasteiger partial charge < -0.3 is 20.3 Å². The molecule has 0 radical (unpaired) electrons. The van der Waals surface area contributed by atoms with Gasteiger partial charge >= 0.3 is 5.97 Å². The van der Waals surface area contributed by atoms with Crippen LogP contribution in [0.2, 0.25) is 0 Å². The molecule has 2 aromatic rings. The van der Waals surface area contributed by atoms with Crippen molar-refractivity contribution in [3.63, 3.8) is 0 Å². The topological polar surface area (TPSA) is 88.6 Å². The lowest BCUT2D eigenvalue weighted by Crippen LogP contribution is -2.29. The summed E-state index contributed by atoms with van der Waals surface area (Å²) in [7, 11) is 0. The van der Waals surface area contributed by atoms with Gasteiger partial charge in [0.15, 0.2) is 0 Å². The van der Waals surface area contributed by atoms with Crippen LogP contribution in [0.5, 0.6) is 0 Å². The van der Waals surface area contributed by atoms with Crippen molar-refractivity contribution < 1.29 is 14.3 Å². The maximum Gasteiger partial charge on any atom is 0.341 e. The van der Waals surface area contributed by atoms with E-state index in [1.807, 2.05) is 9.47 Å². The third kappa shape index (κ3) is 2.13. The lowest BCUT2D eigenvalue weighted by atomic mass is 10.1. The summed E-state index contributed by atoms with van der Waals surface area (Å²) in [6, 6.07) is 3.10. The highest BCUT2D eigenvalue weighted by atomic mass is 19.1. The highest BCUT2D eigenvalue weighted by molar-refractivity contribution is 5.93. The first-order valence-electron chi connectivity index (χ1n) is 9.00. The number of carbonyl (C=O) groups is 1. The zero-order valence-corrected chi connectivity index (χ0v) is 14.2. The number of rotatable bonds is 4. The van der Waals surface area contributed by atoms with E-state index in [0.717, 1.165) is 32.4 Å². The van der Waals surface area contributed by atoms with Crippen LogP contribution in [0.15, 0.2) is 23.1 Å². The molecule has 0 bridgehead atoms. The second-order valence-corrected chi connectivity index (χ2v) is 7.98. The van der Waals surface area contributed by atoms with Crippen molar-refractivity contribution in [1.29, 1.82) is 0 Å². The minimum absolute atomic E-state index is 0.116. The van der Waals surface area contributed by atoms with E-state index in [4.69, 9.17) is 5.73 Å². The molecule has 3 N–H and O–H groups in total. The highest BCUT2D eigenvalue weighted by Crippen LogP contribution is 2.57. The first-order valence-corrected chi connectivity index (χ1v) is 9.00. The average molecular weight is 357 g/mol. The van der Waals surface area contributed by atoms with E-state index in [2.05, 4.69) is 0 Å². The fourth-order valence-electron chi connectivity index (χ4n) is 4.50. The molecule has 0 amide bonds. The maximum absolute atomic E-state index is 14.8. The van der Waals surface area contributed by atoms with Crippen LogP contribution >= 0.6 is 0 Å². The Balaban J connectivity index is 1.67. The summed E-state index contributed by atoms with van der Waals surface area (Å²) in [4.78, 5) is 25.9. The number of piperidine rings is 1. The molecule has 2 heterocycles. The second-order valence-electron chi connectivity index (χ2n) is 7.98. The van der Waals surface area contributed by atoms with Gasteiger partial charge in [0.05, 0.1) is 11.2 Å². The van der Waals surface area contributed by atoms with Crippen LogP contribution in [0.3, 0.4) is 0 Å². The first kappa shape index (κ1) is 15.8. The Bertz CT molecular complexity index is 1010. The molecule has 3 aliphatic rings. The molecule has 2 atom stereocenters. The molecule has 136 valence electrons. The summed E-state index contributed by atoms with van der Waals surface area (Å²) < 4.78 is 16.7. The lowest BCUT2D eigenvalue weighted by Gasteiger charge is -2.24. The van der Waals surface area contributed by atoms with Crippen LogP contribution in [-0.2, 0) is 0 Å². The van der Waals surface area contributed by atoms with Gasteiger partial charge in [-0.15, -0.1) is 0 Å². The summed E-state index contributed by atoms with van der Waals surface area (Å²) >= 11 is 0. The van der Waals surface area contributed by atoms with Crippen LogP contribution < -0.4 is 16.1 Å². The summed E-state index contributed by atoms with van der Waals surface area (Å²) in [6.07, 6.45) is 4.39. The normalized spacial score (nSPS) is 27.0. The molecule has 26 heavy (non-hydrogen) atoms. The molecular weight excluding hydrogens is 337 g/mol. The largest absolute Gasteiger partial charge is 0.477 e. The molecule has 1 aliphatic heterocycles. The van der Waals surface area contributed by atoms with Crippen molar-refractivity contribution in [1.82, 2.24) is 4.57 Å². The number of carboxylic acid groups (broad SMARTS) is 1. The van der Waals surface area contributed by atoms with E-state index in [1.165, 1.54) is 12.3 Å². The molecule has 2 aliphatic carbocycles. The van der Waals surface area contributed by atoms with Crippen LogP contribution in [0, 0.1) is 17.2 Å². The number of nitrogens with two attached hydrogens (primary N) is 1. The quantitative estimate of drug-likeness (QED) is 0.873. The number of halogens is 1. The van der Waals surface area contributed by atoms with Gasteiger partial charge in [-0.3, -0.25) is 4.79 Å². The lowest BCUT2D eigenvalue weighted by molar-refractivity contribution is 0.0695. The van der Waals surface area contributed by atoms with E-state index in [1.54, 1.807) is 6.07 Å². The number of carboxylic acids is 1. The molecule has 7 heteroatoms. The zero-order chi connectivity index (χ0) is 18.2. The molecule has 1 aromatic heterocycles. The fourth-order valence-corrected chi connectivity index (χ4v) is 4.50. The minimum atomic E-state index is -1.28. The van der Waals surface area contributed by atoms with Gasteiger partial charge in [-0.25, -0.2) is 9.18 Å². The smallest absolute Gasteiger partial charge is 0.341 e. The van der Waals surface area contributed by atoms with Crippen molar-refractivity contribution >= 4 is 22.6 Å². The monoisotopic (exact) mass is 357 g/mol. The van der Waals surface area contributed by atoms with E-state index in [9.17, 15) is 19.1 Å². The van der Waals surface area contributed by atoms with Crippen molar-refractivity contribution in [2.75, 3.05) is 24.5 Å². The number of nitrogens with zero attached hydrogens (tertiary/aromatic N) is 2. The molecular formula is C19H20FN3O3. The zero-order valence-electron chi connectivity index (χ0n) is 14.2. The molecule has 2 unspecified atom stereocenters. The van der Waals surface area contributed by atoms with Gasteiger partial charge in [-0.05, 0) is 43.9 Å². The van der Waals surface area contributed by atoms with Gasteiger partial charge in [0.25, 0.3) is 0 Å². The Kier molecular flexibility index (Phi) is 3.08. The number of hydrogen-bond acceptors (Lipinski definition) is 4. The Morgan fingerprint density at radius 1 is 1.38 bits per heavy atom. The molecule has 3 fully saturated rings. The Morgan fingerprint density at radius 2 is 2.15 bits per heavy atom. The number of anilines is 1. The van der Waals surface area contributed by atoms with Crippen LogP contribution in [0.25, 0.3) is 10.9 Å². The standard InChI is InChI=1S/C19H20FN3O3/c20-14-3-12-15(4-16(14)22-6-10-5-19(10,8-21)9-22)23(11-1-2-11)7-13(17(12)24)18(25)26/h3-4,7,10-11H,1-2,5-6,8-9,21H2,(H,25,26). The number of aromatic carboxylic acids is 1. The number of fused-ring (bicyclic) bond motifs is 2. The Labute approximate surface area is 149 Å². The highest BCUT2D eigenvalue weighted by Gasteiger charge is 2.59. The molecule has 5 rings (SSSR count). The third-order valence-electron chi connectivity index (χ3n) is 6.32. The minimum Gasteiger partial charge on any atom is -0.477 e. The molecule has 1 aromatic carbocycles. The SMILES string of the molecule is NCC12CC1CN(c1cc3c(cc1F)c(=O)c(C(=O)O)cn3C1CC1)C2. The first-order chi connectivity index (χ1) is 12.4. The summed E-state index contributed by atoms with van der Waals surface area (Å²) in [6.45, 7) is 2.12. The van der Waals surface area contributed by atoms with Crippen molar-refractivity contribution in [3.05, 3.63) is 39.9 Å². The van der Waals surface area contributed by atoms with E-state index in [-0.39, 0.29) is 22.4 Å². The van der Waals surface area contributed by atoms with Crippen molar-refractivity contribution in [3.8, 4) is 0 Å². The Hall–Kier alpha value is -2.41. The van der Waals surface area contributed by atoms with E-state index < -0.39 is 17.2 Å². The van der Waals surface area contributed by atoms with Gasteiger partial charge in [0.1, 0.15) is 11.4 Å². The molecule has 2 saturated carbocycles. The second kappa shape index (κ2) is 5.07. The van der Waals surface area contributed by atoms with Crippen LogP contribution in [0.4, 0.5) is 10.1 Å². The predicted molar refractivity (Wildman–Crippen MR) is 95.2 cm³/mol. The van der Waals surface area contributed by atoms with Gasteiger partial charge in [0, 0.05) is 36.1 Å². The molecule has 1 saturated heterocycles. The fraction of sp³-hybridized carbons (Fsp3) is 0.474. The number of benzene rings is 1. The molecule has 6 nitrogen and oxygen atoms in total. The summed E-state index contributed by atoms with van der Waals surface area (Å²) in [5.74, 6) is -1.24. The maximum atomic E-state index is 14.8.